The van der Waals surface area contributed by atoms with Gasteiger partial charge in [-0.25, -0.2) is 9.37 Å². The van der Waals surface area contributed by atoms with E-state index in [0.29, 0.717) is 24.7 Å². The number of imidazole rings is 1. The minimum absolute atomic E-state index is 0.0158. The van der Waals surface area contributed by atoms with Crippen LogP contribution in [0.15, 0.2) is 30.1 Å². The van der Waals surface area contributed by atoms with Crippen molar-refractivity contribution in [1.82, 2.24) is 20.2 Å². The monoisotopic (exact) mass is 508 g/mol. The first-order valence-electron chi connectivity index (χ1n) is 13.6. The number of halogens is 1. The molecular weight excluding hydrogens is 471 g/mol. The van der Waals surface area contributed by atoms with Crippen molar-refractivity contribution in [3.05, 3.63) is 35.9 Å². The van der Waals surface area contributed by atoms with Gasteiger partial charge in [0, 0.05) is 30.5 Å². The Labute approximate surface area is 217 Å². The molecule has 2 heterocycles. The SMILES string of the molecule is COc1ccc2[nH]c(CNC(=O)[C@H]3C[C@H]4N(C)C(=O)C(F)=C[C@]4(C)[C@H]4CC[C@]5(C)CCC[C@H]5[C@H]34)nc2c1. The number of likely N-dealkylation sites (N-methyl/N-ethyl adjacent to an activating group) is 1. The molecule has 0 bridgehead atoms. The first-order valence-corrected chi connectivity index (χ1v) is 13.6. The van der Waals surface area contributed by atoms with Gasteiger partial charge in [-0.3, -0.25) is 9.59 Å². The molecule has 1 aromatic carbocycles. The normalized spacial score (nSPS) is 37.0. The van der Waals surface area contributed by atoms with Gasteiger partial charge in [0.1, 0.15) is 11.6 Å². The lowest BCUT2D eigenvalue weighted by atomic mass is 9.46. The number of aromatic nitrogens is 2. The van der Waals surface area contributed by atoms with Crippen molar-refractivity contribution in [2.75, 3.05) is 14.2 Å². The minimum atomic E-state index is -0.649. The lowest BCUT2D eigenvalue weighted by Gasteiger charge is -2.61. The highest BCUT2D eigenvalue weighted by Crippen LogP contribution is 2.65. The van der Waals surface area contributed by atoms with Crippen molar-refractivity contribution in [3.8, 4) is 5.75 Å². The molecule has 2 aromatic rings. The summed E-state index contributed by atoms with van der Waals surface area (Å²) < 4.78 is 20.1. The van der Waals surface area contributed by atoms with Gasteiger partial charge < -0.3 is 19.9 Å². The van der Waals surface area contributed by atoms with E-state index in [-0.39, 0.29) is 35.1 Å². The average molecular weight is 509 g/mol. The highest BCUT2D eigenvalue weighted by atomic mass is 19.1. The van der Waals surface area contributed by atoms with Crippen LogP contribution >= 0.6 is 0 Å². The van der Waals surface area contributed by atoms with Crippen LogP contribution in [-0.4, -0.2) is 46.9 Å². The fourth-order valence-corrected chi connectivity index (χ4v) is 8.63. The molecule has 1 aromatic heterocycles. The predicted molar refractivity (Wildman–Crippen MR) is 138 cm³/mol. The standard InChI is InChI=1S/C29H37FN4O3/c1-28-10-5-6-18(28)25-17(13-23-29(2,19(25)9-11-28)14-20(30)27(36)34(23)3)26(35)31-15-24-32-21-8-7-16(37-4)12-22(21)33-24/h7-8,12,14,17-19,23,25H,5-6,9-11,13,15H2,1-4H3,(H,31,35)(H,32,33)/t17-,18-,19-,23+,25-,28-,29+/m0/s1. The van der Waals surface area contributed by atoms with Crippen LogP contribution < -0.4 is 10.1 Å². The molecule has 0 unspecified atom stereocenters. The summed E-state index contributed by atoms with van der Waals surface area (Å²) in [5.41, 5.74) is 1.46. The van der Waals surface area contributed by atoms with Gasteiger partial charge >= 0.3 is 0 Å². The molecular formula is C29H37FN4O3. The number of rotatable bonds is 4. The van der Waals surface area contributed by atoms with E-state index in [4.69, 9.17) is 4.74 Å². The highest BCUT2D eigenvalue weighted by Gasteiger charge is 2.62. The van der Waals surface area contributed by atoms with Gasteiger partial charge in [-0.05, 0) is 73.5 Å². The van der Waals surface area contributed by atoms with Gasteiger partial charge in [0.25, 0.3) is 5.91 Å². The van der Waals surface area contributed by atoms with E-state index in [2.05, 4.69) is 29.1 Å². The third-order valence-corrected chi connectivity index (χ3v) is 10.5. The molecule has 0 saturated heterocycles. The van der Waals surface area contributed by atoms with E-state index in [1.165, 1.54) is 12.8 Å². The summed E-state index contributed by atoms with van der Waals surface area (Å²) in [5.74, 6) is 0.785. The molecule has 8 heteroatoms. The third kappa shape index (κ3) is 3.69. The number of nitrogens with one attached hydrogen (secondary N) is 2. The lowest BCUT2D eigenvalue weighted by Crippen LogP contribution is -2.64. The second-order valence-electron chi connectivity index (χ2n) is 12.3. The number of methoxy groups -OCH3 is 1. The van der Waals surface area contributed by atoms with Crippen LogP contribution in [-0.2, 0) is 16.1 Å². The van der Waals surface area contributed by atoms with E-state index in [0.717, 1.165) is 36.0 Å². The van der Waals surface area contributed by atoms with Gasteiger partial charge in [-0.2, -0.15) is 0 Å². The molecule has 1 aliphatic heterocycles. The topological polar surface area (TPSA) is 87.3 Å². The molecule has 198 valence electrons. The smallest absolute Gasteiger partial charge is 0.282 e. The highest BCUT2D eigenvalue weighted by molar-refractivity contribution is 5.92. The fraction of sp³-hybridized carbons (Fsp3) is 0.621. The van der Waals surface area contributed by atoms with Crippen molar-refractivity contribution < 1.29 is 18.7 Å². The summed E-state index contributed by atoms with van der Waals surface area (Å²) in [4.78, 5) is 36.0. The second-order valence-corrected chi connectivity index (χ2v) is 12.3. The zero-order valence-corrected chi connectivity index (χ0v) is 22.1. The van der Waals surface area contributed by atoms with Crippen molar-refractivity contribution >= 4 is 22.8 Å². The van der Waals surface area contributed by atoms with Crippen molar-refractivity contribution in [2.24, 2.45) is 34.5 Å². The number of H-pyrrole nitrogens is 1. The quantitative estimate of drug-likeness (QED) is 0.625. The Morgan fingerprint density at radius 2 is 2.08 bits per heavy atom. The van der Waals surface area contributed by atoms with Crippen molar-refractivity contribution in [1.29, 1.82) is 0 Å². The molecule has 2 N–H and O–H groups in total. The molecule has 3 saturated carbocycles. The Bertz CT molecular complexity index is 1290. The van der Waals surface area contributed by atoms with Crippen LogP contribution in [0.1, 0.15) is 58.2 Å². The Balaban J connectivity index is 1.30. The maximum Gasteiger partial charge on any atom is 0.282 e. The maximum absolute atomic E-state index is 14.8. The summed E-state index contributed by atoms with van der Waals surface area (Å²) in [6.07, 6.45) is 7.72. The molecule has 37 heavy (non-hydrogen) atoms. The van der Waals surface area contributed by atoms with Crippen LogP contribution in [0, 0.1) is 34.5 Å². The molecule has 6 rings (SSSR count). The van der Waals surface area contributed by atoms with E-state index in [1.54, 1.807) is 25.1 Å². The largest absolute Gasteiger partial charge is 0.497 e. The Kier molecular flexibility index (Phi) is 5.66. The van der Waals surface area contributed by atoms with E-state index >= 15 is 0 Å². The summed E-state index contributed by atoms with van der Waals surface area (Å²) in [5, 5.41) is 3.17. The first-order chi connectivity index (χ1) is 17.6. The number of aromatic amines is 1. The number of carbonyl (C=O) groups excluding carboxylic acids is 2. The van der Waals surface area contributed by atoms with Crippen molar-refractivity contribution in [2.45, 2.75) is 65.0 Å². The number of amides is 2. The van der Waals surface area contributed by atoms with Gasteiger partial charge in [0.15, 0.2) is 5.83 Å². The third-order valence-electron chi connectivity index (χ3n) is 10.5. The Morgan fingerprint density at radius 3 is 2.86 bits per heavy atom. The molecule has 0 spiro atoms. The number of ether oxygens (including phenoxy) is 1. The summed E-state index contributed by atoms with van der Waals surface area (Å²) in [7, 11) is 3.32. The summed E-state index contributed by atoms with van der Waals surface area (Å²) in [6, 6.07) is 5.48. The van der Waals surface area contributed by atoms with Crippen LogP contribution in [0.25, 0.3) is 11.0 Å². The van der Waals surface area contributed by atoms with Gasteiger partial charge in [0.05, 0.1) is 24.7 Å². The molecule has 3 aliphatic carbocycles. The number of nitrogens with zero attached hydrogens (tertiary/aromatic N) is 2. The predicted octanol–water partition coefficient (Wildman–Crippen LogP) is 4.74. The number of fused-ring (bicyclic) bond motifs is 6. The van der Waals surface area contributed by atoms with Crippen LogP contribution in [0.3, 0.4) is 0 Å². The van der Waals surface area contributed by atoms with Crippen LogP contribution in [0.5, 0.6) is 5.75 Å². The zero-order chi connectivity index (χ0) is 26.1. The Hall–Kier alpha value is -2.90. The average Bonchev–Trinajstić information content (AvgIpc) is 3.48. The summed E-state index contributed by atoms with van der Waals surface area (Å²) >= 11 is 0. The van der Waals surface area contributed by atoms with E-state index in [1.807, 2.05) is 18.2 Å². The van der Waals surface area contributed by atoms with Gasteiger partial charge in [0.2, 0.25) is 5.91 Å². The molecule has 7 nitrogen and oxygen atoms in total. The number of hydrogen-bond acceptors (Lipinski definition) is 4. The molecule has 0 radical (unpaired) electrons. The zero-order valence-electron chi connectivity index (χ0n) is 22.1. The van der Waals surface area contributed by atoms with Crippen molar-refractivity contribution in [3.63, 3.8) is 0 Å². The fourth-order valence-electron chi connectivity index (χ4n) is 8.63. The van der Waals surface area contributed by atoms with Crippen LogP contribution in [0.2, 0.25) is 0 Å². The van der Waals surface area contributed by atoms with E-state index in [9.17, 15) is 14.0 Å². The van der Waals surface area contributed by atoms with E-state index < -0.39 is 17.1 Å². The second kappa shape index (κ2) is 8.57. The minimum Gasteiger partial charge on any atom is -0.497 e. The van der Waals surface area contributed by atoms with Crippen LogP contribution in [0.4, 0.5) is 4.39 Å². The maximum atomic E-state index is 14.8. The molecule has 2 amide bonds. The summed E-state index contributed by atoms with van der Waals surface area (Å²) in [6.45, 7) is 4.81. The van der Waals surface area contributed by atoms with Gasteiger partial charge in [-0.1, -0.05) is 20.3 Å². The number of benzene rings is 1. The molecule has 4 aliphatic rings. The Morgan fingerprint density at radius 1 is 1.27 bits per heavy atom. The lowest BCUT2D eigenvalue weighted by molar-refractivity contribution is -0.156. The number of hydrogen-bond donors (Lipinski definition) is 2. The van der Waals surface area contributed by atoms with Gasteiger partial charge in [-0.15, -0.1) is 0 Å². The molecule has 7 atom stereocenters. The number of carbonyl (C=O) groups is 2. The first kappa shape index (κ1) is 24.4. The molecule has 3 fully saturated rings.